The zero-order valence-corrected chi connectivity index (χ0v) is 6.21. The zero-order chi connectivity index (χ0) is 6.97. The second kappa shape index (κ2) is 2.49. The Hall–Kier alpha value is -0.120. The van der Waals surface area contributed by atoms with Crippen LogP contribution in [0.5, 0.6) is 0 Å². The lowest BCUT2D eigenvalue weighted by Gasteiger charge is -2.29. The highest BCUT2D eigenvalue weighted by Crippen LogP contribution is 2.16. The molecule has 2 aliphatic heterocycles. The highest BCUT2D eigenvalue weighted by Gasteiger charge is 2.30. The molecular formula is C7H15N3. The lowest BCUT2D eigenvalue weighted by atomic mass is 10.1. The van der Waals surface area contributed by atoms with Crippen LogP contribution < -0.4 is 11.1 Å². The molecule has 2 saturated heterocycles. The largest absolute Gasteiger partial charge is 0.326 e. The van der Waals surface area contributed by atoms with E-state index < -0.39 is 0 Å². The lowest BCUT2D eigenvalue weighted by molar-refractivity contribution is 0.212. The van der Waals surface area contributed by atoms with Gasteiger partial charge in [-0.15, -0.1) is 0 Å². The van der Waals surface area contributed by atoms with E-state index in [9.17, 15) is 0 Å². The monoisotopic (exact) mass is 141 g/mol. The first kappa shape index (κ1) is 6.58. The van der Waals surface area contributed by atoms with Crippen molar-refractivity contribution in [2.75, 3.05) is 26.2 Å². The van der Waals surface area contributed by atoms with Crippen LogP contribution >= 0.6 is 0 Å². The molecule has 2 fully saturated rings. The number of hydrogen-bond donors (Lipinski definition) is 2. The van der Waals surface area contributed by atoms with Crippen LogP contribution in [0, 0.1) is 0 Å². The summed E-state index contributed by atoms with van der Waals surface area (Å²) in [6.07, 6.45) is 1.19. The Labute approximate surface area is 61.6 Å². The molecule has 2 atom stereocenters. The fraction of sp³-hybridized carbons (Fsp3) is 1.00. The van der Waals surface area contributed by atoms with Gasteiger partial charge in [0, 0.05) is 38.3 Å². The summed E-state index contributed by atoms with van der Waals surface area (Å²) in [6, 6.07) is 1.17. The van der Waals surface area contributed by atoms with Gasteiger partial charge in [0.15, 0.2) is 0 Å². The Balaban J connectivity index is 1.97. The first-order valence-electron chi connectivity index (χ1n) is 4.06. The van der Waals surface area contributed by atoms with E-state index in [1.165, 1.54) is 13.0 Å². The minimum atomic E-state index is 0.435. The molecule has 0 spiro atoms. The summed E-state index contributed by atoms with van der Waals surface area (Å²) in [5, 5.41) is 3.38. The minimum Gasteiger partial charge on any atom is -0.326 e. The van der Waals surface area contributed by atoms with E-state index in [4.69, 9.17) is 5.73 Å². The van der Waals surface area contributed by atoms with E-state index in [1.54, 1.807) is 0 Å². The Morgan fingerprint density at radius 1 is 1.50 bits per heavy atom. The van der Waals surface area contributed by atoms with Crippen LogP contribution in [0.25, 0.3) is 0 Å². The maximum Gasteiger partial charge on any atom is 0.0237 e. The SMILES string of the molecule is N[C@@H]1C[C@@H]2CNCCN2C1. The number of piperazine rings is 1. The summed E-state index contributed by atoms with van der Waals surface area (Å²) in [5.41, 5.74) is 5.82. The van der Waals surface area contributed by atoms with Crippen LogP contribution in [0.4, 0.5) is 0 Å². The van der Waals surface area contributed by atoms with Gasteiger partial charge in [0.1, 0.15) is 0 Å². The maximum atomic E-state index is 5.82. The minimum absolute atomic E-state index is 0.435. The van der Waals surface area contributed by atoms with Crippen molar-refractivity contribution in [3.8, 4) is 0 Å². The Bertz CT molecular complexity index is 112. The Morgan fingerprint density at radius 3 is 3.20 bits per heavy atom. The van der Waals surface area contributed by atoms with Gasteiger partial charge in [0.05, 0.1) is 0 Å². The molecule has 0 aromatic heterocycles. The highest BCUT2D eigenvalue weighted by atomic mass is 15.2. The second-order valence-corrected chi connectivity index (χ2v) is 3.35. The van der Waals surface area contributed by atoms with Gasteiger partial charge in [-0.1, -0.05) is 0 Å². The molecule has 3 nitrogen and oxygen atoms in total. The summed E-state index contributed by atoms with van der Waals surface area (Å²) in [6.45, 7) is 4.60. The standard InChI is InChI=1S/C7H15N3/c8-6-3-7-4-9-1-2-10(7)5-6/h6-7,9H,1-5,8H2/t6-,7-/m1/s1. The van der Waals surface area contributed by atoms with Crippen molar-refractivity contribution >= 4 is 0 Å². The van der Waals surface area contributed by atoms with Gasteiger partial charge in [-0.25, -0.2) is 0 Å². The third-order valence-electron chi connectivity index (χ3n) is 2.52. The maximum absolute atomic E-state index is 5.82. The first-order chi connectivity index (χ1) is 4.86. The van der Waals surface area contributed by atoms with Crippen molar-refractivity contribution in [1.29, 1.82) is 0 Å². The van der Waals surface area contributed by atoms with Gasteiger partial charge in [0.2, 0.25) is 0 Å². The lowest BCUT2D eigenvalue weighted by Crippen LogP contribution is -2.47. The molecule has 0 unspecified atom stereocenters. The number of hydrogen-bond acceptors (Lipinski definition) is 3. The molecular weight excluding hydrogens is 126 g/mol. The number of fused-ring (bicyclic) bond motifs is 1. The molecule has 0 aliphatic carbocycles. The molecule has 0 saturated carbocycles. The van der Waals surface area contributed by atoms with Gasteiger partial charge in [-0.05, 0) is 6.42 Å². The molecule has 3 heteroatoms. The van der Waals surface area contributed by atoms with E-state index in [-0.39, 0.29) is 0 Å². The van der Waals surface area contributed by atoms with Gasteiger partial charge in [-0.3, -0.25) is 4.90 Å². The van der Waals surface area contributed by atoms with Gasteiger partial charge >= 0.3 is 0 Å². The number of nitrogens with zero attached hydrogens (tertiary/aromatic N) is 1. The van der Waals surface area contributed by atoms with Crippen molar-refractivity contribution in [1.82, 2.24) is 10.2 Å². The third kappa shape index (κ3) is 1.05. The van der Waals surface area contributed by atoms with Gasteiger partial charge < -0.3 is 11.1 Å². The van der Waals surface area contributed by atoms with Crippen LogP contribution in [-0.4, -0.2) is 43.2 Å². The predicted molar refractivity (Wildman–Crippen MR) is 40.8 cm³/mol. The quantitative estimate of drug-likeness (QED) is 0.454. The van der Waals surface area contributed by atoms with Gasteiger partial charge in [-0.2, -0.15) is 0 Å². The van der Waals surface area contributed by atoms with Crippen LogP contribution in [-0.2, 0) is 0 Å². The third-order valence-corrected chi connectivity index (χ3v) is 2.52. The molecule has 0 amide bonds. The molecule has 2 aliphatic rings. The van der Waals surface area contributed by atoms with E-state index in [2.05, 4.69) is 10.2 Å². The predicted octanol–water partition coefficient (Wildman–Crippen LogP) is -1.01. The fourth-order valence-electron chi connectivity index (χ4n) is 2.00. The van der Waals surface area contributed by atoms with Crippen molar-refractivity contribution < 1.29 is 0 Å². The summed E-state index contributed by atoms with van der Waals surface area (Å²) in [4.78, 5) is 2.50. The average molecular weight is 141 g/mol. The Kier molecular flexibility index (Phi) is 1.64. The van der Waals surface area contributed by atoms with Crippen molar-refractivity contribution in [2.45, 2.75) is 18.5 Å². The van der Waals surface area contributed by atoms with Crippen LogP contribution in [0.3, 0.4) is 0 Å². The summed E-state index contributed by atoms with van der Waals surface area (Å²) < 4.78 is 0. The molecule has 10 heavy (non-hydrogen) atoms. The van der Waals surface area contributed by atoms with Crippen molar-refractivity contribution in [3.05, 3.63) is 0 Å². The second-order valence-electron chi connectivity index (χ2n) is 3.35. The van der Waals surface area contributed by atoms with Crippen LogP contribution in [0.2, 0.25) is 0 Å². The number of nitrogens with one attached hydrogen (secondary N) is 1. The molecule has 0 aromatic carbocycles. The molecule has 3 N–H and O–H groups in total. The highest BCUT2D eigenvalue weighted by molar-refractivity contribution is 4.91. The summed E-state index contributed by atoms with van der Waals surface area (Å²) in [7, 11) is 0. The van der Waals surface area contributed by atoms with Crippen molar-refractivity contribution in [3.63, 3.8) is 0 Å². The van der Waals surface area contributed by atoms with E-state index in [1.807, 2.05) is 0 Å². The molecule has 2 heterocycles. The summed E-state index contributed by atoms with van der Waals surface area (Å²) in [5.74, 6) is 0. The number of rotatable bonds is 0. The fourth-order valence-corrected chi connectivity index (χ4v) is 2.00. The first-order valence-corrected chi connectivity index (χ1v) is 4.06. The average Bonchev–Trinajstić information content (AvgIpc) is 2.27. The number of nitrogens with two attached hydrogens (primary N) is 1. The Morgan fingerprint density at radius 2 is 2.40 bits per heavy atom. The van der Waals surface area contributed by atoms with Crippen molar-refractivity contribution in [2.24, 2.45) is 5.73 Å². The van der Waals surface area contributed by atoms with Gasteiger partial charge in [0.25, 0.3) is 0 Å². The van der Waals surface area contributed by atoms with Crippen LogP contribution in [0.15, 0.2) is 0 Å². The van der Waals surface area contributed by atoms with E-state index in [0.717, 1.165) is 25.7 Å². The molecule has 2 rings (SSSR count). The van der Waals surface area contributed by atoms with E-state index >= 15 is 0 Å². The molecule has 0 radical (unpaired) electrons. The molecule has 58 valence electrons. The molecule has 0 bridgehead atoms. The molecule has 0 aromatic rings. The normalized spacial score (nSPS) is 41.7. The topological polar surface area (TPSA) is 41.3 Å². The van der Waals surface area contributed by atoms with E-state index in [0.29, 0.717) is 6.04 Å². The summed E-state index contributed by atoms with van der Waals surface area (Å²) >= 11 is 0. The smallest absolute Gasteiger partial charge is 0.0237 e. The zero-order valence-electron chi connectivity index (χ0n) is 6.21. The van der Waals surface area contributed by atoms with Crippen LogP contribution in [0.1, 0.15) is 6.42 Å².